The molecule has 3 aromatic carbocycles. The highest BCUT2D eigenvalue weighted by molar-refractivity contribution is 7.92. The maximum absolute atomic E-state index is 13.6. The van der Waals surface area contributed by atoms with E-state index in [1.165, 1.54) is 4.31 Å². The summed E-state index contributed by atoms with van der Waals surface area (Å²) < 4.78 is 39.7. The molecule has 0 radical (unpaired) electrons. The van der Waals surface area contributed by atoms with Gasteiger partial charge in [0, 0.05) is 0 Å². The molecule has 1 heterocycles. The van der Waals surface area contributed by atoms with Gasteiger partial charge in [0.1, 0.15) is 11.5 Å². The number of hydrogen-bond acceptors (Lipinski definition) is 5. The minimum atomic E-state index is -3.90. The SMILES string of the molecule is CC[C@@H](NC(=O)[C@H]1CN(S(=O)(=O)c2ccc(C)cc2)c2ccccc2O1)c1ccc(OC)c(C)c1. The Labute approximate surface area is 206 Å². The lowest BCUT2D eigenvalue weighted by Gasteiger charge is -2.35. The van der Waals surface area contributed by atoms with Crippen LogP contribution in [0, 0.1) is 13.8 Å². The van der Waals surface area contributed by atoms with Crippen LogP contribution in [0.25, 0.3) is 0 Å². The van der Waals surface area contributed by atoms with Crippen molar-refractivity contribution < 1.29 is 22.7 Å². The number of fused-ring (bicyclic) bond motifs is 1. The first-order valence-corrected chi connectivity index (χ1v) is 13.0. The molecule has 8 heteroatoms. The second kappa shape index (κ2) is 10.00. The second-order valence-corrected chi connectivity index (χ2v) is 10.5. The van der Waals surface area contributed by atoms with Crippen molar-refractivity contribution in [1.29, 1.82) is 0 Å². The Kier molecular flexibility index (Phi) is 7.03. The number of rotatable bonds is 7. The van der Waals surface area contributed by atoms with Crippen LogP contribution in [0.5, 0.6) is 11.5 Å². The van der Waals surface area contributed by atoms with Crippen molar-refractivity contribution in [3.8, 4) is 11.5 Å². The van der Waals surface area contributed by atoms with Gasteiger partial charge in [-0.1, -0.05) is 48.9 Å². The zero-order chi connectivity index (χ0) is 25.2. The van der Waals surface area contributed by atoms with Gasteiger partial charge in [-0.3, -0.25) is 9.10 Å². The summed E-state index contributed by atoms with van der Waals surface area (Å²) in [5, 5.41) is 3.04. The largest absolute Gasteiger partial charge is 0.496 e. The normalized spacial score (nSPS) is 16.1. The van der Waals surface area contributed by atoms with Gasteiger partial charge in [-0.25, -0.2) is 8.42 Å². The lowest BCUT2D eigenvalue weighted by molar-refractivity contribution is -0.128. The lowest BCUT2D eigenvalue weighted by atomic mass is 10.0. The molecular weight excluding hydrogens is 464 g/mol. The van der Waals surface area contributed by atoms with Crippen molar-refractivity contribution in [2.24, 2.45) is 0 Å². The lowest BCUT2D eigenvalue weighted by Crippen LogP contribution is -2.51. The Bertz CT molecular complexity index is 1320. The fourth-order valence-electron chi connectivity index (χ4n) is 4.21. The maximum atomic E-state index is 13.6. The van der Waals surface area contributed by atoms with Crippen LogP contribution in [0.15, 0.2) is 71.6 Å². The van der Waals surface area contributed by atoms with E-state index < -0.39 is 16.1 Å². The Hall–Kier alpha value is -3.52. The molecule has 35 heavy (non-hydrogen) atoms. The van der Waals surface area contributed by atoms with Crippen LogP contribution in [0.1, 0.15) is 36.1 Å². The van der Waals surface area contributed by atoms with E-state index in [2.05, 4.69) is 5.32 Å². The van der Waals surface area contributed by atoms with Gasteiger partial charge in [-0.15, -0.1) is 0 Å². The molecule has 0 aromatic heterocycles. The minimum Gasteiger partial charge on any atom is -0.496 e. The van der Waals surface area contributed by atoms with E-state index in [0.717, 1.165) is 22.4 Å². The molecule has 1 aliphatic rings. The number of benzene rings is 3. The van der Waals surface area contributed by atoms with Crippen molar-refractivity contribution in [2.75, 3.05) is 18.0 Å². The number of nitrogens with zero attached hydrogens (tertiary/aromatic N) is 1. The van der Waals surface area contributed by atoms with Gasteiger partial charge < -0.3 is 14.8 Å². The summed E-state index contributed by atoms with van der Waals surface area (Å²) in [5.41, 5.74) is 3.29. The Morgan fingerprint density at radius 3 is 2.49 bits per heavy atom. The highest BCUT2D eigenvalue weighted by Crippen LogP contribution is 2.37. The van der Waals surface area contributed by atoms with Crippen LogP contribution in [0.3, 0.4) is 0 Å². The first-order chi connectivity index (χ1) is 16.7. The minimum absolute atomic E-state index is 0.128. The average Bonchev–Trinajstić information content (AvgIpc) is 2.86. The summed E-state index contributed by atoms with van der Waals surface area (Å²) in [6, 6.07) is 19.1. The number of hydrogen-bond donors (Lipinski definition) is 1. The van der Waals surface area contributed by atoms with Crippen molar-refractivity contribution in [1.82, 2.24) is 5.32 Å². The summed E-state index contributed by atoms with van der Waals surface area (Å²) in [5.74, 6) is 0.756. The number of nitrogens with one attached hydrogen (secondary N) is 1. The van der Waals surface area contributed by atoms with Gasteiger partial charge in [0.05, 0.1) is 30.3 Å². The number of ether oxygens (including phenoxy) is 2. The molecule has 1 N–H and O–H groups in total. The summed E-state index contributed by atoms with van der Waals surface area (Å²) in [6.45, 7) is 5.70. The molecule has 0 saturated carbocycles. The second-order valence-electron chi connectivity index (χ2n) is 8.62. The van der Waals surface area contributed by atoms with Gasteiger partial charge in [0.15, 0.2) is 6.10 Å². The Balaban J connectivity index is 1.61. The number of carbonyl (C=O) groups excluding carboxylic acids is 1. The number of para-hydroxylation sites is 2. The van der Waals surface area contributed by atoms with E-state index in [4.69, 9.17) is 9.47 Å². The molecule has 1 amide bonds. The van der Waals surface area contributed by atoms with Crippen LogP contribution in [0.2, 0.25) is 0 Å². The van der Waals surface area contributed by atoms with Crippen molar-refractivity contribution >= 4 is 21.6 Å². The van der Waals surface area contributed by atoms with E-state index >= 15 is 0 Å². The number of anilines is 1. The van der Waals surface area contributed by atoms with Crippen LogP contribution < -0.4 is 19.1 Å². The van der Waals surface area contributed by atoms with Gasteiger partial charge in [-0.05, 0) is 61.7 Å². The molecule has 3 aromatic rings. The molecular formula is C27H30N2O5S. The third-order valence-electron chi connectivity index (χ3n) is 6.18. The summed E-state index contributed by atoms with van der Waals surface area (Å²) in [4.78, 5) is 13.5. The predicted octanol–water partition coefficient (Wildman–Crippen LogP) is 4.54. The molecule has 0 unspecified atom stereocenters. The standard InChI is InChI=1S/C27H30N2O5S/c1-5-22(20-12-15-24(33-4)19(3)16-20)28-27(30)26-17-29(23-8-6-7-9-25(23)34-26)35(31,32)21-13-10-18(2)11-14-21/h6-16,22,26H,5,17H2,1-4H3,(H,28,30)/t22-,26-/m1/s1. The first kappa shape index (κ1) is 24.6. The predicted molar refractivity (Wildman–Crippen MR) is 135 cm³/mol. The van der Waals surface area contributed by atoms with Gasteiger partial charge in [-0.2, -0.15) is 0 Å². The quantitative estimate of drug-likeness (QED) is 0.521. The van der Waals surface area contributed by atoms with Gasteiger partial charge in [0.2, 0.25) is 0 Å². The molecule has 0 bridgehead atoms. The third-order valence-corrected chi connectivity index (χ3v) is 7.98. The first-order valence-electron chi connectivity index (χ1n) is 11.5. The van der Waals surface area contributed by atoms with Crippen molar-refractivity contribution in [3.63, 3.8) is 0 Å². The summed E-state index contributed by atoms with van der Waals surface area (Å²) >= 11 is 0. The van der Waals surface area contributed by atoms with Crippen LogP contribution in [-0.2, 0) is 14.8 Å². The third kappa shape index (κ3) is 4.98. The smallest absolute Gasteiger partial charge is 0.264 e. The molecule has 0 spiro atoms. The van der Waals surface area contributed by atoms with Crippen LogP contribution >= 0.6 is 0 Å². The molecule has 184 valence electrons. The van der Waals surface area contributed by atoms with Crippen molar-refractivity contribution in [3.05, 3.63) is 83.4 Å². The fraction of sp³-hybridized carbons (Fsp3) is 0.296. The number of methoxy groups -OCH3 is 1. The molecule has 0 aliphatic carbocycles. The molecule has 4 rings (SSSR count). The van der Waals surface area contributed by atoms with Gasteiger partial charge in [0.25, 0.3) is 15.9 Å². The van der Waals surface area contributed by atoms with E-state index in [9.17, 15) is 13.2 Å². The van der Waals surface area contributed by atoms with Crippen LogP contribution in [0.4, 0.5) is 5.69 Å². The zero-order valence-corrected chi connectivity index (χ0v) is 21.1. The zero-order valence-electron chi connectivity index (χ0n) is 20.3. The number of carbonyl (C=O) groups is 1. The summed E-state index contributed by atoms with van der Waals surface area (Å²) in [7, 11) is -2.28. The van der Waals surface area contributed by atoms with E-state index in [1.807, 2.05) is 39.0 Å². The number of sulfonamides is 1. The number of amides is 1. The van der Waals surface area contributed by atoms with E-state index in [0.29, 0.717) is 17.9 Å². The molecule has 1 aliphatic heterocycles. The monoisotopic (exact) mass is 494 g/mol. The highest BCUT2D eigenvalue weighted by Gasteiger charge is 2.38. The highest BCUT2D eigenvalue weighted by atomic mass is 32.2. The van der Waals surface area contributed by atoms with Crippen LogP contribution in [-0.4, -0.2) is 34.1 Å². The van der Waals surface area contributed by atoms with E-state index in [-0.39, 0.29) is 23.4 Å². The fourth-order valence-corrected chi connectivity index (χ4v) is 5.68. The molecule has 0 fully saturated rings. The Morgan fingerprint density at radius 1 is 1.11 bits per heavy atom. The van der Waals surface area contributed by atoms with Gasteiger partial charge >= 0.3 is 0 Å². The van der Waals surface area contributed by atoms with Crippen molar-refractivity contribution in [2.45, 2.75) is 44.2 Å². The number of aryl methyl sites for hydroxylation is 2. The Morgan fingerprint density at radius 2 is 1.83 bits per heavy atom. The van der Waals surface area contributed by atoms with E-state index in [1.54, 1.807) is 55.6 Å². The summed E-state index contributed by atoms with van der Waals surface area (Å²) in [6.07, 6.45) is -0.342. The maximum Gasteiger partial charge on any atom is 0.264 e. The topological polar surface area (TPSA) is 84.9 Å². The molecule has 2 atom stereocenters. The average molecular weight is 495 g/mol. The molecule has 7 nitrogen and oxygen atoms in total. The molecule has 0 saturated heterocycles.